The van der Waals surface area contributed by atoms with Gasteiger partial charge >= 0.3 is 0 Å². The molecule has 2 nitrogen and oxygen atoms in total. The minimum absolute atomic E-state index is 0.353. The van der Waals surface area contributed by atoms with Crippen LogP contribution in [0, 0.1) is 0 Å². The Kier molecular flexibility index (Phi) is 5.01. The summed E-state index contributed by atoms with van der Waals surface area (Å²) in [5.74, 6) is 0. The third-order valence-electron chi connectivity index (χ3n) is 3.53. The Bertz CT molecular complexity index is 354. The SMILES string of the molecule is NC1CCCCC1NCCc1cccc(Br)c1. The smallest absolute Gasteiger partial charge is 0.0219 e. The highest BCUT2D eigenvalue weighted by Crippen LogP contribution is 2.17. The van der Waals surface area contributed by atoms with Gasteiger partial charge in [-0.05, 0) is 43.5 Å². The molecule has 0 bridgehead atoms. The highest BCUT2D eigenvalue weighted by atomic mass is 79.9. The van der Waals surface area contributed by atoms with Crippen LogP contribution in [0.15, 0.2) is 28.7 Å². The second-order valence-corrected chi connectivity index (χ2v) is 5.80. The van der Waals surface area contributed by atoms with Gasteiger partial charge in [0, 0.05) is 16.6 Å². The standard InChI is InChI=1S/C14H21BrN2/c15-12-5-3-4-11(10-12)8-9-17-14-7-2-1-6-13(14)16/h3-5,10,13-14,17H,1-2,6-9,16H2. The lowest BCUT2D eigenvalue weighted by atomic mass is 9.91. The summed E-state index contributed by atoms with van der Waals surface area (Å²) < 4.78 is 1.16. The van der Waals surface area contributed by atoms with E-state index in [9.17, 15) is 0 Å². The van der Waals surface area contributed by atoms with Gasteiger partial charge in [0.05, 0.1) is 0 Å². The van der Waals surface area contributed by atoms with Crippen molar-refractivity contribution in [3.8, 4) is 0 Å². The van der Waals surface area contributed by atoms with E-state index < -0.39 is 0 Å². The van der Waals surface area contributed by atoms with E-state index in [0.29, 0.717) is 12.1 Å². The third kappa shape index (κ3) is 4.09. The molecular formula is C14H21BrN2. The molecule has 0 amide bonds. The van der Waals surface area contributed by atoms with Crippen molar-refractivity contribution in [2.24, 2.45) is 5.73 Å². The number of nitrogens with one attached hydrogen (secondary N) is 1. The second kappa shape index (κ2) is 6.53. The zero-order valence-corrected chi connectivity index (χ0v) is 11.7. The molecule has 1 aromatic rings. The van der Waals surface area contributed by atoms with Crippen LogP contribution in [0.1, 0.15) is 31.2 Å². The molecule has 0 radical (unpaired) electrons. The highest BCUT2D eigenvalue weighted by molar-refractivity contribution is 9.10. The van der Waals surface area contributed by atoms with Crippen molar-refractivity contribution in [3.63, 3.8) is 0 Å². The van der Waals surface area contributed by atoms with Gasteiger partial charge in [0.1, 0.15) is 0 Å². The molecule has 1 saturated carbocycles. The van der Waals surface area contributed by atoms with Crippen molar-refractivity contribution < 1.29 is 0 Å². The van der Waals surface area contributed by atoms with Crippen molar-refractivity contribution in [3.05, 3.63) is 34.3 Å². The van der Waals surface area contributed by atoms with Crippen LogP contribution < -0.4 is 11.1 Å². The van der Waals surface area contributed by atoms with Gasteiger partial charge in [-0.2, -0.15) is 0 Å². The van der Waals surface area contributed by atoms with Crippen molar-refractivity contribution in [1.29, 1.82) is 0 Å². The normalized spacial score (nSPS) is 24.8. The molecule has 3 heteroatoms. The van der Waals surface area contributed by atoms with Gasteiger partial charge in [0.25, 0.3) is 0 Å². The zero-order chi connectivity index (χ0) is 12.1. The molecule has 0 aliphatic heterocycles. The Labute approximate surface area is 112 Å². The zero-order valence-electron chi connectivity index (χ0n) is 10.2. The molecule has 0 saturated heterocycles. The van der Waals surface area contributed by atoms with Gasteiger partial charge in [0.15, 0.2) is 0 Å². The predicted molar refractivity (Wildman–Crippen MR) is 76.1 cm³/mol. The largest absolute Gasteiger partial charge is 0.326 e. The van der Waals surface area contributed by atoms with Crippen molar-refractivity contribution in [1.82, 2.24) is 5.32 Å². The number of benzene rings is 1. The number of rotatable bonds is 4. The average Bonchev–Trinajstić information content (AvgIpc) is 2.32. The summed E-state index contributed by atoms with van der Waals surface area (Å²) in [6, 6.07) is 9.39. The molecule has 1 fully saturated rings. The molecule has 3 N–H and O–H groups in total. The molecule has 2 unspecified atom stereocenters. The quantitative estimate of drug-likeness (QED) is 0.897. The third-order valence-corrected chi connectivity index (χ3v) is 4.02. The Morgan fingerprint density at radius 2 is 2.12 bits per heavy atom. The van der Waals surface area contributed by atoms with Gasteiger partial charge in [-0.1, -0.05) is 40.9 Å². The molecule has 1 aliphatic carbocycles. The Balaban J connectivity index is 1.75. The van der Waals surface area contributed by atoms with Gasteiger partial charge in [-0.25, -0.2) is 0 Å². The van der Waals surface area contributed by atoms with E-state index in [4.69, 9.17) is 5.73 Å². The lowest BCUT2D eigenvalue weighted by molar-refractivity contribution is 0.329. The fourth-order valence-electron chi connectivity index (χ4n) is 2.51. The average molecular weight is 297 g/mol. The Hall–Kier alpha value is -0.380. The fraction of sp³-hybridized carbons (Fsp3) is 0.571. The lowest BCUT2D eigenvalue weighted by Crippen LogP contribution is -2.47. The number of halogens is 1. The van der Waals surface area contributed by atoms with E-state index in [0.717, 1.165) is 17.4 Å². The maximum atomic E-state index is 6.11. The first-order valence-corrected chi connectivity index (χ1v) is 7.28. The summed E-state index contributed by atoms with van der Waals surface area (Å²) in [5, 5.41) is 3.60. The van der Waals surface area contributed by atoms with E-state index in [-0.39, 0.29) is 0 Å². The molecular weight excluding hydrogens is 276 g/mol. The van der Waals surface area contributed by atoms with Crippen LogP contribution in [0.5, 0.6) is 0 Å². The molecule has 94 valence electrons. The lowest BCUT2D eigenvalue weighted by Gasteiger charge is -2.29. The molecule has 17 heavy (non-hydrogen) atoms. The number of nitrogens with two attached hydrogens (primary N) is 1. The van der Waals surface area contributed by atoms with E-state index in [1.165, 1.54) is 31.2 Å². The van der Waals surface area contributed by atoms with Gasteiger partial charge < -0.3 is 11.1 Å². The molecule has 0 spiro atoms. The van der Waals surface area contributed by atoms with Crippen LogP contribution in [-0.4, -0.2) is 18.6 Å². The highest BCUT2D eigenvalue weighted by Gasteiger charge is 2.20. The monoisotopic (exact) mass is 296 g/mol. The maximum Gasteiger partial charge on any atom is 0.0219 e. The predicted octanol–water partition coefficient (Wildman–Crippen LogP) is 2.85. The molecule has 0 heterocycles. The van der Waals surface area contributed by atoms with Crippen molar-refractivity contribution in [2.75, 3.05) is 6.54 Å². The van der Waals surface area contributed by atoms with E-state index in [2.05, 4.69) is 45.5 Å². The van der Waals surface area contributed by atoms with Crippen LogP contribution in [0.2, 0.25) is 0 Å². The van der Waals surface area contributed by atoms with Gasteiger partial charge in [-0.15, -0.1) is 0 Å². The van der Waals surface area contributed by atoms with Crippen LogP contribution in [0.25, 0.3) is 0 Å². The van der Waals surface area contributed by atoms with Crippen molar-refractivity contribution in [2.45, 2.75) is 44.2 Å². The Morgan fingerprint density at radius 1 is 1.29 bits per heavy atom. The first-order chi connectivity index (χ1) is 8.25. The topological polar surface area (TPSA) is 38.0 Å². The van der Waals surface area contributed by atoms with Crippen LogP contribution in [0.3, 0.4) is 0 Å². The number of hydrogen-bond donors (Lipinski definition) is 2. The van der Waals surface area contributed by atoms with Crippen LogP contribution >= 0.6 is 15.9 Å². The summed E-state index contributed by atoms with van der Waals surface area (Å²) in [4.78, 5) is 0. The minimum atomic E-state index is 0.353. The first kappa shape index (κ1) is 13.1. The first-order valence-electron chi connectivity index (χ1n) is 6.49. The molecule has 1 aliphatic rings. The van der Waals surface area contributed by atoms with Crippen LogP contribution in [0.4, 0.5) is 0 Å². The van der Waals surface area contributed by atoms with Gasteiger partial charge in [-0.3, -0.25) is 0 Å². The van der Waals surface area contributed by atoms with E-state index >= 15 is 0 Å². The van der Waals surface area contributed by atoms with Crippen molar-refractivity contribution >= 4 is 15.9 Å². The molecule has 2 atom stereocenters. The molecule has 2 rings (SSSR count). The van der Waals surface area contributed by atoms with E-state index in [1.807, 2.05) is 0 Å². The van der Waals surface area contributed by atoms with E-state index in [1.54, 1.807) is 0 Å². The summed E-state index contributed by atoms with van der Waals surface area (Å²) in [6.07, 6.45) is 6.10. The summed E-state index contributed by atoms with van der Waals surface area (Å²) in [5.41, 5.74) is 7.48. The molecule has 1 aromatic carbocycles. The summed E-state index contributed by atoms with van der Waals surface area (Å²) in [6.45, 7) is 1.02. The fourth-order valence-corrected chi connectivity index (χ4v) is 2.95. The van der Waals surface area contributed by atoms with Crippen LogP contribution in [-0.2, 0) is 6.42 Å². The molecule has 0 aromatic heterocycles. The number of hydrogen-bond acceptors (Lipinski definition) is 2. The second-order valence-electron chi connectivity index (χ2n) is 4.89. The minimum Gasteiger partial charge on any atom is -0.326 e. The summed E-state index contributed by atoms with van der Waals surface area (Å²) >= 11 is 3.50. The maximum absolute atomic E-state index is 6.11. The Morgan fingerprint density at radius 3 is 2.88 bits per heavy atom. The summed E-state index contributed by atoms with van der Waals surface area (Å²) in [7, 11) is 0. The van der Waals surface area contributed by atoms with Gasteiger partial charge in [0.2, 0.25) is 0 Å².